The molecule has 0 aliphatic rings. The smallest absolute Gasteiger partial charge is 0.251 e. The second-order valence-electron chi connectivity index (χ2n) is 5.91. The first-order valence-corrected chi connectivity index (χ1v) is 8.23. The molecule has 0 spiro atoms. The van der Waals surface area contributed by atoms with Gasteiger partial charge in [-0.2, -0.15) is 0 Å². The van der Waals surface area contributed by atoms with E-state index in [1.54, 1.807) is 36.4 Å². The number of hydrogen-bond acceptors (Lipinski definition) is 2. The Balaban J connectivity index is 1.97. The van der Waals surface area contributed by atoms with Crippen LogP contribution in [0.3, 0.4) is 0 Å². The number of nitrogens with one attached hydrogen (secondary N) is 2. The Kier molecular flexibility index (Phi) is 6.38. The molecule has 2 aromatic rings. The van der Waals surface area contributed by atoms with E-state index in [-0.39, 0.29) is 17.7 Å². The second-order valence-corrected chi connectivity index (χ2v) is 6.34. The van der Waals surface area contributed by atoms with Gasteiger partial charge in [0.15, 0.2) is 0 Å². The van der Waals surface area contributed by atoms with Crippen molar-refractivity contribution in [2.24, 2.45) is 5.92 Å². The van der Waals surface area contributed by atoms with Gasteiger partial charge in [0.05, 0.1) is 0 Å². The summed E-state index contributed by atoms with van der Waals surface area (Å²) in [5.41, 5.74) is 1.48. The lowest BCUT2D eigenvalue weighted by molar-refractivity contribution is -0.124. The average molecular weight is 345 g/mol. The largest absolute Gasteiger partial charge is 0.350 e. The molecule has 2 amide bonds. The molecule has 0 fully saturated rings. The quantitative estimate of drug-likeness (QED) is 0.843. The fourth-order valence-electron chi connectivity index (χ4n) is 2.25. The molecule has 24 heavy (non-hydrogen) atoms. The minimum absolute atomic E-state index is 0.0251. The van der Waals surface area contributed by atoms with Crippen LogP contribution in [0.5, 0.6) is 0 Å². The first-order chi connectivity index (χ1) is 11.5. The molecule has 0 heterocycles. The third-order valence-corrected chi connectivity index (χ3v) is 3.90. The zero-order valence-corrected chi connectivity index (χ0v) is 14.5. The van der Waals surface area contributed by atoms with Crippen LogP contribution < -0.4 is 10.6 Å². The van der Waals surface area contributed by atoms with Crippen molar-refractivity contribution < 1.29 is 9.59 Å². The lowest BCUT2D eigenvalue weighted by Gasteiger charge is -2.21. The van der Waals surface area contributed by atoms with Gasteiger partial charge in [-0.05, 0) is 35.7 Å². The number of hydrogen-bond donors (Lipinski definition) is 2. The summed E-state index contributed by atoms with van der Waals surface area (Å²) < 4.78 is 0. The van der Waals surface area contributed by atoms with E-state index < -0.39 is 6.04 Å². The maximum atomic E-state index is 12.4. The molecular weight excluding hydrogens is 324 g/mol. The monoisotopic (exact) mass is 344 g/mol. The molecule has 0 saturated carbocycles. The van der Waals surface area contributed by atoms with Crippen LogP contribution in [0, 0.1) is 5.92 Å². The van der Waals surface area contributed by atoms with Crippen molar-refractivity contribution in [3.63, 3.8) is 0 Å². The summed E-state index contributed by atoms with van der Waals surface area (Å²) in [7, 11) is 0. The van der Waals surface area contributed by atoms with Gasteiger partial charge in [0, 0.05) is 17.1 Å². The summed E-state index contributed by atoms with van der Waals surface area (Å²) in [5.74, 6) is -0.483. The fourth-order valence-corrected chi connectivity index (χ4v) is 2.38. The van der Waals surface area contributed by atoms with Gasteiger partial charge < -0.3 is 10.6 Å². The number of benzene rings is 2. The predicted molar refractivity (Wildman–Crippen MR) is 95.8 cm³/mol. The molecule has 126 valence electrons. The molecule has 0 radical (unpaired) electrons. The molecule has 5 heteroatoms. The third kappa shape index (κ3) is 5.10. The van der Waals surface area contributed by atoms with Crippen molar-refractivity contribution in [1.29, 1.82) is 0 Å². The molecule has 2 aromatic carbocycles. The van der Waals surface area contributed by atoms with Crippen LogP contribution in [-0.4, -0.2) is 17.9 Å². The van der Waals surface area contributed by atoms with Crippen molar-refractivity contribution in [3.8, 4) is 0 Å². The van der Waals surface area contributed by atoms with Gasteiger partial charge in [0.25, 0.3) is 5.91 Å². The fraction of sp³-hybridized carbons (Fsp3) is 0.263. The zero-order chi connectivity index (χ0) is 17.5. The van der Waals surface area contributed by atoms with Crippen LogP contribution in [0.15, 0.2) is 54.6 Å². The Hall–Kier alpha value is -2.33. The van der Waals surface area contributed by atoms with Gasteiger partial charge >= 0.3 is 0 Å². The maximum Gasteiger partial charge on any atom is 0.251 e. The molecule has 0 saturated heterocycles. The number of carbonyl (C=O) groups excluding carboxylic acids is 2. The first-order valence-electron chi connectivity index (χ1n) is 7.85. The van der Waals surface area contributed by atoms with Crippen molar-refractivity contribution in [2.45, 2.75) is 26.4 Å². The Bertz CT molecular complexity index is 684. The van der Waals surface area contributed by atoms with E-state index in [4.69, 9.17) is 11.6 Å². The third-order valence-electron chi connectivity index (χ3n) is 3.65. The van der Waals surface area contributed by atoms with E-state index in [9.17, 15) is 9.59 Å². The summed E-state index contributed by atoms with van der Waals surface area (Å²) in [6.45, 7) is 4.19. The van der Waals surface area contributed by atoms with E-state index in [0.29, 0.717) is 17.1 Å². The van der Waals surface area contributed by atoms with Gasteiger partial charge in [-0.3, -0.25) is 9.59 Å². The Labute approximate surface area is 147 Å². The van der Waals surface area contributed by atoms with Gasteiger partial charge in [0.2, 0.25) is 5.91 Å². The Morgan fingerprint density at radius 3 is 2.21 bits per heavy atom. The second kappa shape index (κ2) is 8.50. The minimum atomic E-state index is -0.593. The van der Waals surface area contributed by atoms with Crippen molar-refractivity contribution in [3.05, 3.63) is 70.7 Å². The predicted octanol–water partition coefficient (Wildman–Crippen LogP) is 3.41. The molecule has 1 unspecified atom stereocenters. The van der Waals surface area contributed by atoms with E-state index in [0.717, 1.165) is 5.56 Å². The molecular formula is C19H21ClN2O2. The number of amides is 2. The highest BCUT2D eigenvalue weighted by molar-refractivity contribution is 6.30. The van der Waals surface area contributed by atoms with Gasteiger partial charge in [-0.1, -0.05) is 55.8 Å². The standard InChI is InChI=1S/C19H21ClN2O2/c1-13(2)17(22-18(23)15-6-4-3-5-7-15)19(24)21-12-14-8-10-16(20)11-9-14/h3-11,13,17H,12H2,1-2H3,(H,21,24)(H,22,23). The molecule has 2 rings (SSSR count). The van der Waals surface area contributed by atoms with E-state index in [1.165, 1.54) is 0 Å². The Morgan fingerprint density at radius 1 is 1.00 bits per heavy atom. The van der Waals surface area contributed by atoms with Gasteiger partial charge in [-0.15, -0.1) is 0 Å². The lowest BCUT2D eigenvalue weighted by Crippen LogP contribution is -2.49. The molecule has 0 bridgehead atoms. The minimum Gasteiger partial charge on any atom is -0.350 e. The SMILES string of the molecule is CC(C)C(NC(=O)c1ccccc1)C(=O)NCc1ccc(Cl)cc1. The average Bonchev–Trinajstić information content (AvgIpc) is 2.59. The molecule has 2 N–H and O–H groups in total. The van der Waals surface area contributed by atoms with Gasteiger partial charge in [-0.25, -0.2) is 0 Å². The lowest BCUT2D eigenvalue weighted by atomic mass is 10.0. The van der Waals surface area contributed by atoms with Crippen LogP contribution in [0.4, 0.5) is 0 Å². The van der Waals surface area contributed by atoms with Gasteiger partial charge in [0.1, 0.15) is 6.04 Å². The topological polar surface area (TPSA) is 58.2 Å². The van der Waals surface area contributed by atoms with Crippen LogP contribution in [0.2, 0.25) is 5.02 Å². The highest BCUT2D eigenvalue weighted by Crippen LogP contribution is 2.10. The number of carbonyl (C=O) groups is 2. The molecule has 0 aromatic heterocycles. The van der Waals surface area contributed by atoms with Crippen LogP contribution in [0.25, 0.3) is 0 Å². The number of rotatable bonds is 6. The summed E-state index contributed by atoms with van der Waals surface area (Å²) in [5, 5.41) is 6.32. The normalized spacial score (nSPS) is 11.8. The maximum absolute atomic E-state index is 12.4. The zero-order valence-electron chi connectivity index (χ0n) is 13.8. The van der Waals surface area contributed by atoms with Crippen molar-refractivity contribution in [2.75, 3.05) is 0 Å². The summed E-state index contributed by atoms with van der Waals surface area (Å²) in [4.78, 5) is 24.7. The summed E-state index contributed by atoms with van der Waals surface area (Å²) in [6, 6.07) is 15.5. The van der Waals surface area contributed by atoms with E-state index in [1.807, 2.05) is 32.0 Å². The van der Waals surface area contributed by atoms with E-state index >= 15 is 0 Å². The molecule has 0 aliphatic carbocycles. The molecule has 4 nitrogen and oxygen atoms in total. The van der Waals surface area contributed by atoms with Crippen molar-refractivity contribution in [1.82, 2.24) is 10.6 Å². The highest BCUT2D eigenvalue weighted by Gasteiger charge is 2.24. The van der Waals surface area contributed by atoms with Crippen LogP contribution >= 0.6 is 11.6 Å². The van der Waals surface area contributed by atoms with Crippen LogP contribution in [0.1, 0.15) is 29.8 Å². The molecule has 0 aliphatic heterocycles. The molecule has 1 atom stereocenters. The van der Waals surface area contributed by atoms with Crippen LogP contribution in [-0.2, 0) is 11.3 Å². The summed E-state index contributed by atoms with van der Waals surface area (Å²) in [6.07, 6.45) is 0. The van der Waals surface area contributed by atoms with E-state index in [2.05, 4.69) is 10.6 Å². The Morgan fingerprint density at radius 2 is 1.62 bits per heavy atom. The first kappa shape index (κ1) is 18.0. The van der Waals surface area contributed by atoms with Crippen molar-refractivity contribution >= 4 is 23.4 Å². The number of halogens is 1. The summed E-state index contributed by atoms with van der Waals surface area (Å²) >= 11 is 5.85. The highest BCUT2D eigenvalue weighted by atomic mass is 35.5.